The van der Waals surface area contributed by atoms with E-state index in [0.717, 1.165) is 8.79 Å². The first-order chi connectivity index (χ1) is 9.40. The lowest BCUT2D eigenvalue weighted by Gasteiger charge is -2.43. The number of hydrogen-bond donors (Lipinski definition) is 1. The van der Waals surface area contributed by atoms with E-state index < -0.39 is 5.60 Å². The van der Waals surface area contributed by atoms with E-state index >= 15 is 0 Å². The summed E-state index contributed by atoms with van der Waals surface area (Å²) in [6.45, 7) is 6.22. The third-order valence-corrected chi connectivity index (χ3v) is 6.09. The average Bonchev–Trinajstić information content (AvgIpc) is 2.84. The molecule has 0 spiro atoms. The van der Waals surface area contributed by atoms with Gasteiger partial charge in [0, 0.05) is 0 Å². The van der Waals surface area contributed by atoms with Gasteiger partial charge in [0.2, 0.25) is 0 Å². The van der Waals surface area contributed by atoms with Gasteiger partial charge in [-0.15, -0.1) is 11.3 Å². The predicted octanol–water partition coefficient (Wildman–Crippen LogP) is 3.34. The molecule has 1 aliphatic carbocycles. The summed E-state index contributed by atoms with van der Waals surface area (Å²) < 4.78 is 6.05. The lowest BCUT2D eigenvalue weighted by Crippen LogP contribution is -2.46. The number of halogens is 1. The Morgan fingerprint density at radius 3 is 2.90 bits per heavy atom. The number of carbonyl (C=O) groups is 1. The van der Waals surface area contributed by atoms with Crippen LogP contribution in [0.1, 0.15) is 38.6 Å². The number of carbonyl (C=O) groups excluding carboxylic acids is 1. The molecule has 0 bridgehead atoms. The van der Waals surface area contributed by atoms with Crippen LogP contribution in [0.2, 0.25) is 0 Å². The predicted molar refractivity (Wildman–Crippen MR) is 81.4 cm³/mol. The molecule has 112 valence electrons. The van der Waals surface area contributed by atoms with Gasteiger partial charge in [0.05, 0.1) is 22.5 Å². The largest absolute Gasteiger partial charge is 0.466 e. The molecule has 1 aromatic heterocycles. The molecule has 4 atom stereocenters. The highest BCUT2D eigenvalue weighted by molar-refractivity contribution is 9.11. The molecule has 2 rings (SSSR count). The molecular formula is C14H20BrNO3S. The first-order valence-corrected chi connectivity index (χ1v) is 8.52. The Labute approximate surface area is 131 Å². The number of aliphatic hydroxyl groups is 1. The van der Waals surface area contributed by atoms with Gasteiger partial charge in [-0.3, -0.25) is 4.79 Å². The summed E-state index contributed by atoms with van der Waals surface area (Å²) in [5, 5.41) is 11.7. The highest BCUT2D eigenvalue weighted by Crippen LogP contribution is 2.48. The number of nitrogens with zero attached hydrogens (tertiary/aromatic N) is 1. The smallest absolute Gasteiger partial charge is 0.309 e. The highest BCUT2D eigenvalue weighted by Gasteiger charge is 2.49. The Morgan fingerprint density at radius 1 is 1.65 bits per heavy atom. The molecule has 0 amide bonds. The Morgan fingerprint density at radius 2 is 2.35 bits per heavy atom. The van der Waals surface area contributed by atoms with E-state index in [2.05, 4.69) is 20.9 Å². The van der Waals surface area contributed by atoms with Crippen LogP contribution < -0.4 is 0 Å². The van der Waals surface area contributed by atoms with E-state index in [1.807, 2.05) is 20.8 Å². The monoisotopic (exact) mass is 361 g/mol. The van der Waals surface area contributed by atoms with Crippen molar-refractivity contribution in [3.63, 3.8) is 0 Å². The van der Waals surface area contributed by atoms with Crippen LogP contribution in [0.25, 0.3) is 0 Å². The Hall–Kier alpha value is -0.460. The summed E-state index contributed by atoms with van der Waals surface area (Å²) in [6, 6.07) is 0. The summed E-state index contributed by atoms with van der Waals surface area (Å²) in [4.78, 5) is 16.3. The second kappa shape index (κ2) is 6.12. The van der Waals surface area contributed by atoms with Crippen molar-refractivity contribution in [2.45, 2.75) is 39.2 Å². The van der Waals surface area contributed by atoms with E-state index in [-0.39, 0.29) is 23.7 Å². The molecular weight excluding hydrogens is 342 g/mol. The summed E-state index contributed by atoms with van der Waals surface area (Å²) in [6.07, 6.45) is 2.90. The maximum atomic E-state index is 12.0. The third-order valence-electron chi connectivity index (χ3n) is 4.45. The Bertz CT molecular complexity index is 493. The van der Waals surface area contributed by atoms with Crippen molar-refractivity contribution in [2.24, 2.45) is 17.8 Å². The molecule has 0 aromatic carbocycles. The fourth-order valence-corrected chi connectivity index (χ4v) is 4.41. The van der Waals surface area contributed by atoms with Gasteiger partial charge in [0.15, 0.2) is 0 Å². The molecule has 1 heterocycles. The van der Waals surface area contributed by atoms with E-state index in [9.17, 15) is 9.90 Å². The average molecular weight is 362 g/mol. The van der Waals surface area contributed by atoms with E-state index in [1.165, 1.54) is 11.3 Å². The minimum Gasteiger partial charge on any atom is -0.466 e. The molecule has 1 N–H and O–H groups in total. The van der Waals surface area contributed by atoms with E-state index in [1.54, 1.807) is 6.20 Å². The number of thiazole rings is 1. The molecule has 1 aliphatic rings. The lowest BCUT2D eigenvalue weighted by atomic mass is 9.65. The molecule has 6 heteroatoms. The van der Waals surface area contributed by atoms with Gasteiger partial charge in [-0.05, 0) is 47.5 Å². The molecule has 0 aliphatic heterocycles. The first-order valence-electron chi connectivity index (χ1n) is 6.91. The first kappa shape index (κ1) is 15.9. The van der Waals surface area contributed by atoms with Crippen LogP contribution >= 0.6 is 27.3 Å². The second-order valence-electron chi connectivity index (χ2n) is 5.44. The molecule has 0 radical (unpaired) electrons. The van der Waals surface area contributed by atoms with Crippen LogP contribution in [-0.4, -0.2) is 22.7 Å². The fraction of sp³-hybridized carbons (Fsp3) is 0.714. The molecule has 0 saturated heterocycles. The van der Waals surface area contributed by atoms with Crippen LogP contribution in [0.15, 0.2) is 9.98 Å². The van der Waals surface area contributed by atoms with Crippen molar-refractivity contribution in [1.29, 1.82) is 0 Å². The Balaban J connectivity index is 2.20. The summed E-state index contributed by atoms with van der Waals surface area (Å²) in [5.41, 5.74) is -0.945. The maximum Gasteiger partial charge on any atom is 0.309 e. The van der Waals surface area contributed by atoms with Gasteiger partial charge in [-0.1, -0.05) is 13.8 Å². The zero-order valence-electron chi connectivity index (χ0n) is 11.9. The van der Waals surface area contributed by atoms with Crippen LogP contribution in [0, 0.1) is 17.8 Å². The molecule has 20 heavy (non-hydrogen) atoms. The standard InChI is InChI=1S/C14H20BrNO3S/c1-4-19-12(17)10-5-6-14(18,9(3)8(10)2)13-16-7-11(15)20-13/h7-10,18H,4-6H2,1-3H3/t8-,9-,10+,14-/m1/s1. The molecule has 4 nitrogen and oxygen atoms in total. The molecule has 1 aromatic rings. The van der Waals surface area contributed by atoms with Gasteiger partial charge in [0.1, 0.15) is 10.6 Å². The van der Waals surface area contributed by atoms with Crippen molar-refractivity contribution in [3.05, 3.63) is 15.0 Å². The van der Waals surface area contributed by atoms with Crippen LogP contribution in [0.4, 0.5) is 0 Å². The van der Waals surface area contributed by atoms with Crippen molar-refractivity contribution in [1.82, 2.24) is 4.98 Å². The minimum atomic E-state index is -0.945. The quantitative estimate of drug-likeness (QED) is 0.838. The van der Waals surface area contributed by atoms with E-state index in [0.29, 0.717) is 19.4 Å². The molecule has 1 saturated carbocycles. The third kappa shape index (κ3) is 2.78. The van der Waals surface area contributed by atoms with Crippen molar-refractivity contribution in [2.75, 3.05) is 6.61 Å². The maximum absolute atomic E-state index is 12.0. The number of rotatable bonds is 3. The van der Waals surface area contributed by atoms with Gasteiger partial charge in [-0.25, -0.2) is 4.98 Å². The second-order valence-corrected chi connectivity index (χ2v) is 7.85. The van der Waals surface area contributed by atoms with E-state index in [4.69, 9.17) is 4.74 Å². The zero-order valence-corrected chi connectivity index (χ0v) is 14.3. The number of aromatic nitrogens is 1. The van der Waals surface area contributed by atoms with Gasteiger partial charge < -0.3 is 9.84 Å². The minimum absolute atomic E-state index is 0.0382. The number of esters is 1. The zero-order chi connectivity index (χ0) is 14.9. The SMILES string of the molecule is CCOC(=O)[C@H]1CC[C@](O)(c2ncc(Br)s2)[C@H](C)[C@H]1C. The summed E-state index contributed by atoms with van der Waals surface area (Å²) >= 11 is 4.84. The fourth-order valence-electron chi connectivity index (χ4n) is 2.99. The summed E-state index contributed by atoms with van der Waals surface area (Å²) in [5.74, 6) is -0.248. The molecule has 1 fully saturated rings. The van der Waals surface area contributed by atoms with Crippen LogP contribution in [0.3, 0.4) is 0 Å². The van der Waals surface area contributed by atoms with Crippen molar-refractivity contribution in [3.8, 4) is 0 Å². The van der Waals surface area contributed by atoms with Gasteiger partial charge in [0.25, 0.3) is 0 Å². The van der Waals surface area contributed by atoms with Crippen molar-refractivity contribution < 1.29 is 14.6 Å². The topological polar surface area (TPSA) is 59.4 Å². The lowest BCUT2D eigenvalue weighted by molar-refractivity contribution is -0.159. The molecule has 0 unspecified atom stereocenters. The Kier molecular flexibility index (Phi) is 4.87. The van der Waals surface area contributed by atoms with Crippen LogP contribution in [-0.2, 0) is 15.1 Å². The normalized spacial score (nSPS) is 34.0. The van der Waals surface area contributed by atoms with Gasteiger partial charge in [-0.2, -0.15) is 0 Å². The summed E-state index contributed by atoms with van der Waals surface area (Å²) in [7, 11) is 0. The number of hydrogen-bond acceptors (Lipinski definition) is 5. The van der Waals surface area contributed by atoms with Crippen molar-refractivity contribution >= 4 is 33.2 Å². The van der Waals surface area contributed by atoms with Gasteiger partial charge >= 0.3 is 5.97 Å². The number of ether oxygens (including phenoxy) is 1. The highest BCUT2D eigenvalue weighted by atomic mass is 79.9. The van der Waals surface area contributed by atoms with Crippen LogP contribution in [0.5, 0.6) is 0 Å².